The van der Waals surface area contributed by atoms with Crippen molar-refractivity contribution in [1.29, 1.82) is 0 Å². The van der Waals surface area contributed by atoms with E-state index in [0.717, 1.165) is 37.2 Å². The van der Waals surface area contributed by atoms with Gasteiger partial charge in [0, 0.05) is 13.1 Å². The Morgan fingerprint density at radius 3 is 2.77 bits per heavy atom. The van der Waals surface area contributed by atoms with Gasteiger partial charge in [-0.25, -0.2) is 4.68 Å². The van der Waals surface area contributed by atoms with E-state index in [1.54, 1.807) is 0 Å². The number of nitrogens with zero attached hydrogens (tertiary/aromatic N) is 1. The number of aromatic nitrogens is 2. The van der Waals surface area contributed by atoms with E-state index in [-0.39, 0.29) is 5.56 Å². The Morgan fingerprint density at radius 2 is 2.15 bits per heavy atom. The number of aromatic amines is 1. The van der Waals surface area contributed by atoms with Crippen molar-refractivity contribution in [3.05, 3.63) is 21.6 Å². The molecule has 2 aliphatic rings. The molecule has 0 bridgehead atoms. The Hall–Kier alpha value is -1.03. The Kier molecular flexibility index (Phi) is 1.41. The molecule has 1 saturated carbocycles. The van der Waals surface area contributed by atoms with Gasteiger partial charge in [-0.2, -0.15) is 0 Å². The Morgan fingerprint density at radius 1 is 1.31 bits per heavy atom. The van der Waals surface area contributed by atoms with Gasteiger partial charge in [-0.3, -0.25) is 9.89 Å². The molecule has 0 aromatic carbocycles. The first kappa shape index (κ1) is 7.38. The van der Waals surface area contributed by atoms with Crippen LogP contribution in [0.15, 0.2) is 4.79 Å². The lowest BCUT2D eigenvalue weighted by molar-refractivity contribution is 0.281. The summed E-state index contributed by atoms with van der Waals surface area (Å²) in [5.41, 5.74) is 2.24. The van der Waals surface area contributed by atoms with Crippen LogP contribution in [0.4, 0.5) is 0 Å². The lowest BCUT2D eigenvalue weighted by atomic mass is 9.93. The summed E-state index contributed by atoms with van der Waals surface area (Å²) in [6.07, 6.45) is 3.58. The van der Waals surface area contributed by atoms with Crippen LogP contribution in [0.25, 0.3) is 0 Å². The molecule has 0 atom stereocenters. The summed E-state index contributed by atoms with van der Waals surface area (Å²) >= 11 is 0. The quantitative estimate of drug-likeness (QED) is 0.659. The number of H-pyrrole nitrogens is 1. The highest BCUT2D eigenvalue weighted by atomic mass is 16.1. The molecule has 4 heteroatoms. The van der Waals surface area contributed by atoms with Gasteiger partial charge in [0.25, 0.3) is 5.56 Å². The van der Waals surface area contributed by atoms with E-state index in [1.165, 1.54) is 6.42 Å². The lowest BCUT2D eigenvalue weighted by Crippen LogP contribution is -2.29. The normalized spacial score (nSPS) is 21.5. The molecule has 0 spiro atoms. The maximum Gasteiger partial charge on any atom is 0.271 e. The standard InChI is InChI=1S/C9H13N3O/c13-9-7-4-10-5-8(7)11-12(9)6-2-1-3-6/h6,10-11H,1-5H2. The molecule has 0 radical (unpaired) electrons. The molecule has 70 valence electrons. The molecule has 2 N–H and O–H groups in total. The second kappa shape index (κ2) is 2.48. The third kappa shape index (κ3) is 0.920. The van der Waals surface area contributed by atoms with E-state index in [0.29, 0.717) is 6.04 Å². The fraction of sp³-hybridized carbons (Fsp3) is 0.667. The fourth-order valence-corrected chi connectivity index (χ4v) is 2.08. The molecule has 4 nitrogen and oxygen atoms in total. The van der Waals surface area contributed by atoms with Crippen LogP contribution in [-0.4, -0.2) is 9.78 Å². The summed E-state index contributed by atoms with van der Waals surface area (Å²) in [7, 11) is 0. The Balaban J connectivity index is 2.07. The zero-order chi connectivity index (χ0) is 8.84. The third-order valence-corrected chi connectivity index (χ3v) is 3.14. The zero-order valence-electron chi connectivity index (χ0n) is 7.47. The van der Waals surface area contributed by atoms with Gasteiger partial charge in [-0.05, 0) is 19.3 Å². The second-order valence-electron chi connectivity index (χ2n) is 3.93. The molecule has 1 fully saturated rings. The average Bonchev–Trinajstić information content (AvgIpc) is 2.54. The van der Waals surface area contributed by atoms with E-state index in [2.05, 4.69) is 10.4 Å². The number of nitrogens with one attached hydrogen (secondary N) is 2. The highest BCUT2D eigenvalue weighted by Gasteiger charge is 2.26. The van der Waals surface area contributed by atoms with Crippen LogP contribution in [-0.2, 0) is 13.1 Å². The smallest absolute Gasteiger partial charge is 0.271 e. The van der Waals surface area contributed by atoms with Gasteiger partial charge in [0.1, 0.15) is 0 Å². The van der Waals surface area contributed by atoms with Gasteiger partial charge in [0.2, 0.25) is 0 Å². The fourth-order valence-electron chi connectivity index (χ4n) is 2.08. The SMILES string of the molecule is O=c1c2c([nH]n1C1CCC1)CNC2. The van der Waals surface area contributed by atoms with Gasteiger partial charge in [-0.1, -0.05) is 0 Å². The number of hydrogen-bond acceptors (Lipinski definition) is 2. The predicted molar refractivity (Wildman–Crippen MR) is 48.5 cm³/mol. The summed E-state index contributed by atoms with van der Waals surface area (Å²) in [6.45, 7) is 1.56. The monoisotopic (exact) mass is 179 g/mol. The predicted octanol–water partition coefficient (Wildman–Crippen LogP) is 0.505. The summed E-state index contributed by atoms with van der Waals surface area (Å²) < 4.78 is 1.83. The summed E-state index contributed by atoms with van der Waals surface area (Å²) in [5.74, 6) is 0. The maximum absolute atomic E-state index is 11.8. The van der Waals surface area contributed by atoms with E-state index >= 15 is 0 Å². The van der Waals surface area contributed by atoms with Gasteiger partial charge in [0.15, 0.2) is 0 Å². The minimum Gasteiger partial charge on any atom is -0.307 e. The Bertz CT molecular complexity index is 386. The number of hydrogen-bond donors (Lipinski definition) is 2. The van der Waals surface area contributed by atoms with Gasteiger partial charge < -0.3 is 5.32 Å². The number of fused-ring (bicyclic) bond motifs is 1. The first-order chi connectivity index (χ1) is 6.36. The molecule has 1 aliphatic carbocycles. The molecule has 3 rings (SSSR count). The molecule has 1 aromatic rings. The van der Waals surface area contributed by atoms with Crippen LogP contribution >= 0.6 is 0 Å². The van der Waals surface area contributed by atoms with Crippen molar-refractivity contribution in [2.45, 2.75) is 38.4 Å². The topological polar surface area (TPSA) is 49.8 Å². The van der Waals surface area contributed by atoms with E-state index < -0.39 is 0 Å². The summed E-state index contributed by atoms with van der Waals surface area (Å²) in [4.78, 5) is 11.8. The maximum atomic E-state index is 11.8. The van der Waals surface area contributed by atoms with Crippen molar-refractivity contribution in [1.82, 2.24) is 15.1 Å². The average molecular weight is 179 g/mol. The van der Waals surface area contributed by atoms with Crippen molar-refractivity contribution in [3.8, 4) is 0 Å². The van der Waals surface area contributed by atoms with Crippen LogP contribution in [0.1, 0.15) is 36.6 Å². The largest absolute Gasteiger partial charge is 0.307 e. The zero-order valence-corrected chi connectivity index (χ0v) is 7.47. The van der Waals surface area contributed by atoms with Crippen LogP contribution in [0, 0.1) is 0 Å². The molecule has 0 amide bonds. The third-order valence-electron chi connectivity index (χ3n) is 3.14. The summed E-state index contributed by atoms with van der Waals surface area (Å²) in [6, 6.07) is 0.457. The van der Waals surface area contributed by atoms with Crippen molar-refractivity contribution >= 4 is 0 Å². The van der Waals surface area contributed by atoms with E-state index in [4.69, 9.17) is 0 Å². The highest BCUT2D eigenvalue weighted by Crippen LogP contribution is 2.30. The van der Waals surface area contributed by atoms with E-state index in [9.17, 15) is 4.79 Å². The van der Waals surface area contributed by atoms with E-state index in [1.807, 2.05) is 4.68 Å². The summed E-state index contributed by atoms with van der Waals surface area (Å²) in [5, 5.41) is 6.37. The van der Waals surface area contributed by atoms with Crippen molar-refractivity contribution < 1.29 is 0 Å². The van der Waals surface area contributed by atoms with Crippen molar-refractivity contribution in [3.63, 3.8) is 0 Å². The van der Waals surface area contributed by atoms with Crippen LogP contribution in [0.3, 0.4) is 0 Å². The van der Waals surface area contributed by atoms with Crippen LogP contribution in [0.5, 0.6) is 0 Å². The molecule has 0 unspecified atom stereocenters. The first-order valence-corrected chi connectivity index (χ1v) is 4.89. The Labute approximate surface area is 75.9 Å². The lowest BCUT2D eigenvalue weighted by Gasteiger charge is -2.25. The van der Waals surface area contributed by atoms with Crippen LogP contribution < -0.4 is 10.9 Å². The minimum absolute atomic E-state index is 0.199. The second-order valence-corrected chi connectivity index (χ2v) is 3.93. The van der Waals surface area contributed by atoms with Gasteiger partial charge in [0.05, 0.1) is 17.3 Å². The molecule has 0 saturated heterocycles. The van der Waals surface area contributed by atoms with Gasteiger partial charge >= 0.3 is 0 Å². The van der Waals surface area contributed by atoms with Crippen molar-refractivity contribution in [2.75, 3.05) is 0 Å². The minimum atomic E-state index is 0.199. The molecule has 13 heavy (non-hydrogen) atoms. The van der Waals surface area contributed by atoms with Crippen molar-refractivity contribution in [2.24, 2.45) is 0 Å². The number of rotatable bonds is 1. The molecule has 2 heterocycles. The van der Waals surface area contributed by atoms with Gasteiger partial charge in [-0.15, -0.1) is 0 Å². The molecular weight excluding hydrogens is 166 g/mol. The molecule has 1 aromatic heterocycles. The highest BCUT2D eigenvalue weighted by molar-refractivity contribution is 5.21. The first-order valence-electron chi connectivity index (χ1n) is 4.89. The molecule has 1 aliphatic heterocycles. The van der Waals surface area contributed by atoms with Crippen LogP contribution in [0.2, 0.25) is 0 Å². The molecular formula is C9H13N3O.